The van der Waals surface area contributed by atoms with Crippen LogP contribution in [0.3, 0.4) is 0 Å². The highest BCUT2D eigenvalue weighted by atomic mass is 35.5. The highest BCUT2D eigenvalue weighted by Gasteiger charge is 2.42. The zero-order chi connectivity index (χ0) is 28.7. The maximum atomic E-state index is 14.4. The maximum Gasteiger partial charge on any atom is 0.259 e. The van der Waals surface area contributed by atoms with Gasteiger partial charge in [0.15, 0.2) is 5.78 Å². The fourth-order valence-corrected chi connectivity index (χ4v) is 6.06. The number of nitrogens with zero attached hydrogens (tertiary/aromatic N) is 1. The molecule has 0 radical (unpaired) electrons. The van der Waals surface area contributed by atoms with Crippen molar-refractivity contribution in [1.29, 1.82) is 0 Å². The third-order valence-corrected chi connectivity index (χ3v) is 8.59. The summed E-state index contributed by atoms with van der Waals surface area (Å²) in [6.07, 6.45) is 0.958. The molecule has 0 fully saturated rings. The summed E-state index contributed by atoms with van der Waals surface area (Å²) in [5.41, 5.74) is 6.25. The van der Waals surface area contributed by atoms with E-state index in [9.17, 15) is 9.59 Å². The first-order valence-electron chi connectivity index (χ1n) is 13.5. The molecule has 2 unspecified atom stereocenters. The molecule has 41 heavy (non-hydrogen) atoms. The van der Waals surface area contributed by atoms with E-state index in [0.29, 0.717) is 39.7 Å². The number of ether oxygens (including phenoxy) is 1. The molecule has 0 aromatic heterocycles. The summed E-state index contributed by atoms with van der Waals surface area (Å²) in [7, 11) is 1.64. The van der Waals surface area contributed by atoms with Gasteiger partial charge < -0.3 is 10.1 Å². The van der Waals surface area contributed by atoms with Crippen molar-refractivity contribution in [2.24, 2.45) is 0 Å². The van der Waals surface area contributed by atoms with Crippen LogP contribution >= 0.6 is 23.2 Å². The Morgan fingerprint density at radius 2 is 1.59 bits per heavy atom. The van der Waals surface area contributed by atoms with E-state index >= 15 is 0 Å². The second-order valence-electron chi connectivity index (χ2n) is 10.5. The molecule has 7 heteroatoms. The Morgan fingerprint density at radius 1 is 0.878 bits per heavy atom. The number of methoxy groups -OCH3 is 1. The second-order valence-corrected chi connectivity index (χ2v) is 11.3. The van der Waals surface area contributed by atoms with Crippen LogP contribution in [-0.4, -0.2) is 18.8 Å². The van der Waals surface area contributed by atoms with E-state index < -0.39 is 6.04 Å². The summed E-state index contributed by atoms with van der Waals surface area (Å²) >= 11 is 12.5. The average Bonchev–Trinajstić information content (AvgIpc) is 3.13. The zero-order valence-corrected chi connectivity index (χ0v) is 24.2. The lowest BCUT2D eigenvalue weighted by Crippen LogP contribution is -2.38. The van der Waals surface area contributed by atoms with Crippen LogP contribution in [0, 0.1) is 6.92 Å². The van der Waals surface area contributed by atoms with Crippen molar-refractivity contribution in [3.8, 4) is 5.75 Å². The number of carbonyl (C=O) groups excluding carboxylic acids is 2. The fraction of sp³-hybridized carbons (Fsp3) is 0.176. The quantitative estimate of drug-likeness (QED) is 0.262. The Bertz CT molecular complexity index is 1680. The number of Topliss-reactive ketones (excluding diaryl/α,β-unsaturated/α-hetero) is 1. The summed E-state index contributed by atoms with van der Waals surface area (Å²) in [6.45, 7) is 2.02. The van der Waals surface area contributed by atoms with Gasteiger partial charge in [0.05, 0.1) is 34.6 Å². The summed E-state index contributed by atoms with van der Waals surface area (Å²) in [5.74, 6) is 0.489. The number of rotatable bonds is 4. The first kappa shape index (κ1) is 27.1. The van der Waals surface area contributed by atoms with Crippen LogP contribution in [0.15, 0.2) is 102 Å². The number of fused-ring (bicyclic) bond motifs is 1. The highest BCUT2D eigenvalue weighted by Crippen LogP contribution is 2.48. The van der Waals surface area contributed by atoms with Gasteiger partial charge in [-0.3, -0.25) is 14.5 Å². The van der Waals surface area contributed by atoms with Gasteiger partial charge in [0, 0.05) is 23.3 Å². The van der Waals surface area contributed by atoms with Crippen molar-refractivity contribution in [1.82, 2.24) is 0 Å². The first-order valence-corrected chi connectivity index (χ1v) is 14.2. The zero-order valence-electron chi connectivity index (χ0n) is 22.7. The van der Waals surface area contributed by atoms with E-state index in [1.165, 1.54) is 0 Å². The molecule has 5 nitrogen and oxygen atoms in total. The molecule has 0 saturated carbocycles. The molecule has 4 aromatic rings. The Kier molecular flexibility index (Phi) is 7.33. The van der Waals surface area contributed by atoms with Crippen LogP contribution in [0.4, 0.5) is 11.4 Å². The molecule has 2 atom stereocenters. The van der Waals surface area contributed by atoms with Gasteiger partial charge in [-0.05, 0) is 72.9 Å². The number of para-hydroxylation sites is 2. The van der Waals surface area contributed by atoms with Crippen molar-refractivity contribution in [2.45, 2.75) is 31.7 Å². The molecule has 2 aliphatic rings. The lowest BCUT2D eigenvalue weighted by molar-refractivity contribution is -0.116. The molecule has 0 spiro atoms. The molecule has 206 valence electrons. The van der Waals surface area contributed by atoms with Gasteiger partial charge in [-0.15, -0.1) is 0 Å². The molecule has 0 bridgehead atoms. The lowest BCUT2D eigenvalue weighted by atomic mass is 9.78. The second kappa shape index (κ2) is 11.1. The van der Waals surface area contributed by atoms with Crippen molar-refractivity contribution in [3.05, 3.63) is 135 Å². The third kappa shape index (κ3) is 5.12. The number of benzene rings is 4. The Morgan fingerprint density at radius 3 is 2.29 bits per heavy atom. The van der Waals surface area contributed by atoms with Crippen LogP contribution in [0.5, 0.6) is 5.75 Å². The number of anilines is 2. The summed E-state index contributed by atoms with van der Waals surface area (Å²) < 4.78 is 5.33. The minimum atomic E-state index is -0.645. The summed E-state index contributed by atoms with van der Waals surface area (Å²) in [4.78, 5) is 30.3. The third-order valence-electron chi connectivity index (χ3n) is 7.85. The Hall–Kier alpha value is -4.06. The van der Waals surface area contributed by atoms with Gasteiger partial charge in [0.1, 0.15) is 5.75 Å². The van der Waals surface area contributed by atoms with E-state index in [4.69, 9.17) is 27.9 Å². The van der Waals surface area contributed by atoms with Crippen LogP contribution in [-0.2, 0) is 4.79 Å². The van der Waals surface area contributed by atoms with Gasteiger partial charge in [-0.1, -0.05) is 77.3 Å². The SMILES string of the molecule is COc1ccc(C2CC(=O)C3=C(C2)Nc2ccccc2N(C(=O)c2ccc(Cl)c(Cl)c2)C3c2ccc(C)cc2)cc1. The molecule has 1 aliphatic heterocycles. The number of ketones is 1. The minimum Gasteiger partial charge on any atom is -0.497 e. The average molecular weight is 584 g/mol. The van der Waals surface area contributed by atoms with Crippen molar-refractivity contribution >= 4 is 46.3 Å². The van der Waals surface area contributed by atoms with Crippen LogP contribution < -0.4 is 15.0 Å². The van der Waals surface area contributed by atoms with E-state index in [-0.39, 0.29) is 17.6 Å². The van der Waals surface area contributed by atoms with Gasteiger partial charge in [0.25, 0.3) is 5.91 Å². The van der Waals surface area contributed by atoms with Crippen molar-refractivity contribution in [2.75, 3.05) is 17.3 Å². The van der Waals surface area contributed by atoms with E-state index in [1.54, 1.807) is 30.2 Å². The number of aryl methyl sites for hydroxylation is 1. The van der Waals surface area contributed by atoms with Crippen molar-refractivity contribution in [3.63, 3.8) is 0 Å². The van der Waals surface area contributed by atoms with Gasteiger partial charge in [-0.2, -0.15) is 0 Å². The molecule has 1 N–H and O–H groups in total. The Labute approximate surface area is 249 Å². The number of nitrogens with one attached hydrogen (secondary N) is 1. The topological polar surface area (TPSA) is 58.6 Å². The van der Waals surface area contributed by atoms with E-state index in [1.807, 2.05) is 79.7 Å². The normalized spacial score (nSPS) is 18.2. The summed E-state index contributed by atoms with van der Waals surface area (Å²) in [6, 6.07) is 27.8. The number of hydrogen-bond donors (Lipinski definition) is 1. The largest absolute Gasteiger partial charge is 0.497 e. The maximum absolute atomic E-state index is 14.4. The summed E-state index contributed by atoms with van der Waals surface area (Å²) in [5, 5.41) is 4.24. The van der Waals surface area contributed by atoms with Crippen LogP contribution in [0.25, 0.3) is 0 Å². The lowest BCUT2D eigenvalue weighted by Gasteiger charge is -2.35. The molecule has 1 amide bonds. The Balaban J connectivity index is 1.53. The molecule has 1 heterocycles. The molecular weight excluding hydrogens is 555 g/mol. The van der Waals surface area contributed by atoms with Crippen LogP contribution in [0.2, 0.25) is 10.0 Å². The van der Waals surface area contributed by atoms with Crippen LogP contribution in [0.1, 0.15) is 51.8 Å². The molecular formula is C34H28Cl2N2O3. The smallest absolute Gasteiger partial charge is 0.259 e. The highest BCUT2D eigenvalue weighted by molar-refractivity contribution is 6.42. The standard InChI is InChI=1S/C34H28Cl2N2O3/c1-20-7-9-22(10-8-20)33-32-29(18-24(19-31(32)39)21-11-14-25(41-2)15-12-21)37-28-5-3-4-6-30(28)38(33)34(40)23-13-16-26(35)27(36)17-23/h3-17,24,33,37H,18-19H2,1-2H3. The predicted molar refractivity (Wildman–Crippen MR) is 164 cm³/mol. The number of carbonyl (C=O) groups is 2. The fourth-order valence-electron chi connectivity index (χ4n) is 5.76. The number of amides is 1. The van der Waals surface area contributed by atoms with E-state index in [2.05, 4.69) is 5.32 Å². The number of allylic oxidation sites excluding steroid dienone is 1. The molecule has 1 aliphatic carbocycles. The van der Waals surface area contributed by atoms with Gasteiger partial charge >= 0.3 is 0 Å². The minimum absolute atomic E-state index is 0.00453. The van der Waals surface area contributed by atoms with E-state index in [0.717, 1.165) is 33.8 Å². The van der Waals surface area contributed by atoms with Gasteiger partial charge in [-0.25, -0.2) is 0 Å². The number of halogens is 2. The molecule has 0 saturated heterocycles. The molecule has 6 rings (SSSR count). The first-order chi connectivity index (χ1) is 19.8. The van der Waals surface area contributed by atoms with Gasteiger partial charge in [0.2, 0.25) is 0 Å². The monoisotopic (exact) mass is 582 g/mol. The van der Waals surface area contributed by atoms with Crippen molar-refractivity contribution < 1.29 is 14.3 Å². The predicted octanol–water partition coefficient (Wildman–Crippen LogP) is 8.52. The number of hydrogen-bond acceptors (Lipinski definition) is 4. The molecule has 4 aromatic carbocycles.